The molecule has 39 heavy (non-hydrogen) atoms. The summed E-state index contributed by atoms with van der Waals surface area (Å²) in [5.74, 6) is 0.250. The van der Waals surface area contributed by atoms with Crippen LogP contribution < -0.4 is 17.1 Å². The first kappa shape index (κ1) is 27.5. The number of rotatable bonds is 6. The Labute approximate surface area is 225 Å². The highest BCUT2D eigenvalue weighted by molar-refractivity contribution is 5.42. The molecule has 9 nitrogen and oxygen atoms in total. The summed E-state index contributed by atoms with van der Waals surface area (Å²) in [5.41, 5.74) is 4.07. The van der Waals surface area contributed by atoms with Gasteiger partial charge in [-0.1, -0.05) is 0 Å². The third kappa shape index (κ3) is 5.25. The van der Waals surface area contributed by atoms with E-state index in [0.717, 1.165) is 13.7 Å². The molecule has 0 saturated heterocycles. The zero-order chi connectivity index (χ0) is 28.8. The van der Waals surface area contributed by atoms with Crippen molar-refractivity contribution in [2.75, 3.05) is 0 Å². The molecule has 3 aromatic carbocycles. The van der Waals surface area contributed by atoms with Crippen molar-refractivity contribution in [2.45, 2.75) is 61.2 Å². The summed E-state index contributed by atoms with van der Waals surface area (Å²) in [7, 11) is 0. The van der Waals surface area contributed by atoms with Gasteiger partial charge in [0, 0.05) is 0 Å². The van der Waals surface area contributed by atoms with Crippen molar-refractivity contribution in [3.8, 4) is 17.2 Å². The number of aromatic hydroxyl groups is 3. The number of aromatic nitrogens is 3. The third-order valence-corrected chi connectivity index (χ3v) is 7.38. The summed E-state index contributed by atoms with van der Waals surface area (Å²) < 4.78 is 3.14. The molecule has 0 aliphatic rings. The van der Waals surface area contributed by atoms with E-state index in [0.29, 0.717) is 50.1 Å². The standard InChI is InChI=1S/C30H33N3O6/c1-16-7-22(34)8-17(2)25(16)13-31-28(37)32(14-26-18(3)9-23(35)10-19(26)4)30(39)33(29(31)38)15-27-20(5)11-24(36)12-21(27)6/h7-12,34-36H,13-15H2,1-6H3. The van der Waals surface area contributed by atoms with Crippen LogP contribution in [0, 0.1) is 41.5 Å². The lowest BCUT2D eigenvalue weighted by atomic mass is 10.0. The Morgan fingerprint density at radius 1 is 0.436 bits per heavy atom. The monoisotopic (exact) mass is 531 g/mol. The SMILES string of the molecule is Cc1cc(O)cc(C)c1Cn1c(=O)n(Cc2c(C)cc(O)cc2C)c(=O)n(Cc2c(C)cc(O)cc2C)c1=O. The van der Waals surface area contributed by atoms with Gasteiger partial charge in [0.05, 0.1) is 19.6 Å². The quantitative estimate of drug-likeness (QED) is 0.351. The highest BCUT2D eigenvalue weighted by Gasteiger charge is 2.20. The summed E-state index contributed by atoms with van der Waals surface area (Å²) in [6.45, 7) is 10.5. The Morgan fingerprint density at radius 2 is 0.615 bits per heavy atom. The van der Waals surface area contributed by atoms with Crippen LogP contribution in [0.25, 0.3) is 0 Å². The predicted molar refractivity (Wildman–Crippen MR) is 149 cm³/mol. The smallest absolute Gasteiger partial charge is 0.336 e. The first-order chi connectivity index (χ1) is 18.3. The summed E-state index contributed by atoms with van der Waals surface area (Å²) in [6, 6.07) is 9.38. The van der Waals surface area contributed by atoms with E-state index in [1.807, 2.05) is 0 Å². The van der Waals surface area contributed by atoms with Crippen LogP contribution >= 0.6 is 0 Å². The number of phenolic OH excluding ortho intramolecular Hbond substituents is 3. The van der Waals surface area contributed by atoms with E-state index in [2.05, 4.69) is 0 Å². The summed E-state index contributed by atoms with van der Waals surface area (Å²) in [5, 5.41) is 29.9. The molecule has 0 fully saturated rings. The van der Waals surface area contributed by atoms with Crippen LogP contribution in [-0.4, -0.2) is 29.0 Å². The number of phenols is 3. The van der Waals surface area contributed by atoms with Gasteiger partial charge in [0.25, 0.3) is 0 Å². The average Bonchev–Trinajstić information content (AvgIpc) is 2.81. The highest BCUT2D eigenvalue weighted by atomic mass is 16.3. The van der Waals surface area contributed by atoms with E-state index in [-0.39, 0.29) is 36.9 Å². The van der Waals surface area contributed by atoms with Crippen LogP contribution in [0.1, 0.15) is 50.1 Å². The van der Waals surface area contributed by atoms with Crippen molar-refractivity contribution in [1.82, 2.24) is 13.7 Å². The molecule has 0 aliphatic heterocycles. The molecule has 9 heteroatoms. The molecule has 3 N–H and O–H groups in total. The van der Waals surface area contributed by atoms with Crippen LogP contribution in [0.5, 0.6) is 17.2 Å². The number of hydrogen-bond donors (Lipinski definition) is 3. The second-order valence-electron chi connectivity index (χ2n) is 10.3. The Kier molecular flexibility index (Phi) is 7.28. The molecule has 4 rings (SSSR count). The van der Waals surface area contributed by atoms with Crippen molar-refractivity contribution in [1.29, 1.82) is 0 Å². The molecule has 0 radical (unpaired) electrons. The van der Waals surface area contributed by atoms with Crippen LogP contribution in [0.15, 0.2) is 50.8 Å². The molecule has 4 aromatic rings. The van der Waals surface area contributed by atoms with Gasteiger partial charge in [-0.25, -0.2) is 28.1 Å². The normalized spacial score (nSPS) is 11.2. The minimum absolute atomic E-state index is 0.0834. The molecule has 0 saturated carbocycles. The van der Waals surface area contributed by atoms with Crippen molar-refractivity contribution in [2.24, 2.45) is 0 Å². The second-order valence-corrected chi connectivity index (χ2v) is 10.3. The topological polar surface area (TPSA) is 127 Å². The minimum Gasteiger partial charge on any atom is -0.508 e. The lowest BCUT2D eigenvalue weighted by Crippen LogP contribution is -2.55. The minimum atomic E-state index is -0.751. The Hall–Kier alpha value is -4.53. The van der Waals surface area contributed by atoms with Gasteiger partial charge in [-0.2, -0.15) is 0 Å². The first-order valence-electron chi connectivity index (χ1n) is 12.6. The first-order valence-corrected chi connectivity index (χ1v) is 12.6. The van der Waals surface area contributed by atoms with E-state index < -0.39 is 17.1 Å². The van der Waals surface area contributed by atoms with Crippen molar-refractivity contribution in [3.05, 3.63) is 118 Å². The predicted octanol–water partition coefficient (Wildman–Crippen LogP) is 3.28. The van der Waals surface area contributed by atoms with E-state index in [1.165, 1.54) is 0 Å². The Morgan fingerprint density at radius 3 is 0.795 bits per heavy atom. The fourth-order valence-electron chi connectivity index (χ4n) is 5.22. The van der Waals surface area contributed by atoms with Crippen molar-refractivity contribution >= 4 is 0 Å². The summed E-state index contributed by atoms with van der Waals surface area (Å²) in [4.78, 5) is 41.3. The number of nitrogens with zero attached hydrogens (tertiary/aromatic N) is 3. The molecule has 0 spiro atoms. The number of hydrogen-bond acceptors (Lipinski definition) is 6. The molecule has 0 atom stereocenters. The number of benzene rings is 3. The van der Waals surface area contributed by atoms with E-state index in [9.17, 15) is 29.7 Å². The zero-order valence-corrected chi connectivity index (χ0v) is 23.0. The van der Waals surface area contributed by atoms with E-state index >= 15 is 0 Å². The van der Waals surface area contributed by atoms with Gasteiger partial charge in [0.15, 0.2) is 0 Å². The Bertz CT molecular complexity index is 1480. The van der Waals surface area contributed by atoms with Gasteiger partial charge < -0.3 is 15.3 Å². The van der Waals surface area contributed by atoms with Crippen LogP contribution in [0.2, 0.25) is 0 Å². The largest absolute Gasteiger partial charge is 0.508 e. The second kappa shape index (κ2) is 10.3. The van der Waals surface area contributed by atoms with Crippen molar-refractivity contribution < 1.29 is 15.3 Å². The van der Waals surface area contributed by atoms with Crippen LogP contribution in [0.3, 0.4) is 0 Å². The molecular weight excluding hydrogens is 498 g/mol. The molecular formula is C30H33N3O6. The van der Waals surface area contributed by atoms with Gasteiger partial charge in [0.1, 0.15) is 17.2 Å². The molecule has 0 unspecified atom stereocenters. The molecule has 0 bridgehead atoms. The maximum absolute atomic E-state index is 13.8. The third-order valence-electron chi connectivity index (χ3n) is 7.38. The van der Waals surface area contributed by atoms with Gasteiger partial charge in [-0.05, 0) is 128 Å². The lowest BCUT2D eigenvalue weighted by Gasteiger charge is -2.19. The number of aryl methyl sites for hydroxylation is 6. The molecule has 1 aromatic heterocycles. The van der Waals surface area contributed by atoms with Crippen LogP contribution in [0.4, 0.5) is 0 Å². The summed E-state index contributed by atoms with van der Waals surface area (Å²) >= 11 is 0. The van der Waals surface area contributed by atoms with Crippen LogP contribution in [-0.2, 0) is 19.6 Å². The fraction of sp³-hybridized carbons (Fsp3) is 0.300. The molecule has 1 heterocycles. The molecule has 204 valence electrons. The maximum atomic E-state index is 13.8. The zero-order valence-electron chi connectivity index (χ0n) is 23.0. The fourth-order valence-corrected chi connectivity index (χ4v) is 5.22. The van der Waals surface area contributed by atoms with Gasteiger partial charge in [-0.3, -0.25) is 0 Å². The van der Waals surface area contributed by atoms with Crippen molar-refractivity contribution in [3.63, 3.8) is 0 Å². The lowest BCUT2D eigenvalue weighted by molar-refractivity contribution is 0.470. The maximum Gasteiger partial charge on any atom is 0.336 e. The van der Waals surface area contributed by atoms with Gasteiger partial charge >= 0.3 is 17.1 Å². The van der Waals surface area contributed by atoms with E-state index in [1.54, 1.807) is 77.9 Å². The molecule has 0 aliphatic carbocycles. The molecule has 0 amide bonds. The average molecular weight is 532 g/mol. The Balaban J connectivity index is 1.98. The summed E-state index contributed by atoms with van der Waals surface area (Å²) in [6.07, 6.45) is 0. The van der Waals surface area contributed by atoms with Gasteiger partial charge in [0.2, 0.25) is 0 Å². The van der Waals surface area contributed by atoms with E-state index in [4.69, 9.17) is 0 Å². The van der Waals surface area contributed by atoms with Gasteiger partial charge in [-0.15, -0.1) is 0 Å². The highest BCUT2D eigenvalue weighted by Crippen LogP contribution is 2.23.